The standard InChI is InChI=1S/C20H13ClF4N2O4/c1-30-18-5-3-2-4-15(18)26-16-10-12(6-7-17(16)27(28)29)31-19-13(21)8-11(9-14(19)22)20(23,24)25/h2-10,26H,1H3. The van der Waals surface area contributed by atoms with Gasteiger partial charge in [0.05, 0.1) is 28.3 Å². The van der Waals surface area contributed by atoms with Crippen LogP contribution in [0.25, 0.3) is 0 Å². The predicted octanol–water partition coefficient (Wildman–Crippen LogP) is 6.95. The average molecular weight is 457 g/mol. The number of ether oxygens (including phenoxy) is 2. The van der Waals surface area contributed by atoms with Gasteiger partial charge in [0.15, 0.2) is 11.6 Å². The van der Waals surface area contributed by atoms with Crippen molar-refractivity contribution in [2.45, 2.75) is 6.18 Å². The monoisotopic (exact) mass is 456 g/mol. The molecule has 0 saturated heterocycles. The largest absolute Gasteiger partial charge is 0.495 e. The van der Waals surface area contributed by atoms with Gasteiger partial charge in [-0.1, -0.05) is 23.7 Å². The summed E-state index contributed by atoms with van der Waals surface area (Å²) in [5.74, 6) is -1.67. The molecule has 0 amide bonds. The van der Waals surface area contributed by atoms with Crippen molar-refractivity contribution in [2.75, 3.05) is 12.4 Å². The summed E-state index contributed by atoms with van der Waals surface area (Å²) in [6, 6.07) is 10.9. The number of nitro groups is 1. The maximum absolute atomic E-state index is 14.2. The van der Waals surface area contributed by atoms with Crippen LogP contribution in [0.4, 0.5) is 34.6 Å². The molecule has 6 nitrogen and oxygen atoms in total. The lowest BCUT2D eigenvalue weighted by atomic mass is 10.2. The van der Waals surface area contributed by atoms with Crippen LogP contribution in [0.3, 0.4) is 0 Å². The normalized spacial score (nSPS) is 11.2. The van der Waals surface area contributed by atoms with Gasteiger partial charge < -0.3 is 14.8 Å². The van der Waals surface area contributed by atoms with Gasteiger partial charge in [0.25, 0.3) is 5.69 Å². The molecule has 0 saturated carbocycles. The summed E-state index contributed by atoms with van der Waals surface area (Å²) in [7, 11) is 1.42. The molecule has 0 fully saturated rings. The number of nitrogens with one attached hydrogen (secondary N) is 1. The zero-order valence-electron chi connectivity index (χ0n) is 15.7. The van der Waals surface area contributed by atoms with E-state index in [9.17, 15) is 27.7 Å². The first-order valence-corrected chi connectivity index (χ1v) is 8.90. The van der Waals surface area contributed by atoms with Gasteiger partial charge in [-0.3, -0.25) is 10.1 Å². The summed E-state index contributed by atoms with van der Waals surface area (Å²) >= 11 is 5.78. The molecule has 0 spiro atoms. The second kappa shape index (κ2) is 8.68. The maximum atomic E-state index is 14.2. The van der Waals surface area contributed by atoms with Crippen LogP contribution in [0.1, 0.15) is 5.56 Å². The van der Waals surface area contributed by atoms with Crippen molar-refractivity contribution in [1.29, 1.82) is 0 Å². The Hall–Kier alpha value is -3.53. The zero-order chi connectivity index (χ0) is 22.8. The third kappa shape index (κ3) is 4.97. The quantitative estimate of drug-likeness (QED) is 0.247. The predicted molar refractivity (Wildman–Crippen MR) is 106 cm³/mol. The molecule has 31 heavy (non-hydrogen) atoms. The Morgan fingerprint density at radius 1 is 1.06 bits per heavy atom. The molecule has 3 aromatic rings. The highest BCUT2D eigenvalue weighted by atomic mass is 35.5. The van der Waals surface area contributed by atoms with Crippen molar-refractivity contribution in [3.63, 3.8) is 0 Å². The Labute approximate surface area is 178 Å². The Balaban J connectivity index is 1.99. The number of methoxy groups -OCH3 is 1. The molecule has 11 heteroatoms. The van der Waals surface area contributed by atoms with E-state index in [-0.39, 0.29) is 23.2 Å². The average Bonchev–Trinajstić information content (AvgIpc) is 2.70. The molecule has 0 aliphatic heterocycles. The van der Waals surface area contributed by atoms with E-state index >= 15 is 0 Å². The number of alkyl halides is 3. The highest BCUT2D eigenvalue weighted by molar-refractivity contribution is 6.32. The van der Waals surface area contributed by atoms with E-state index < -0.39 is 33.3 Å². The van der Waals surface area contributed by atoms with Gasteiger partial charge in [-0.15, -0.1) is 0 Å². The van der Waals surface area contributed by atoms with E-state index in [1.54, 1.807) is 24.3 Å². The van der Waals surface area contributed by atoms with E-state index in [2.05, 4.69) is 5.32 Å². The molecular weight excluding hydrogens is 444 g/mol. The SMILES string of the molecule is COc1ccccc1Nc1cc(Oc2c(F)cc(C(F)(F)F)cc2Cl)ccc1[N+](=O)[O-]. The number of halogens is 5. The van der Waals surface area contributed by atoms with Crippen molar-refractivity contribution in [3.05, 3.63) is 81.1 Å². The lowest BCUT2D eigenvalue weighted by Crippen LogP contribution is -2.06. The number of anilines is 2. The minimum absolute atomic E-state index is 0.0181. The highest BCUT2D eigenvalue weighted by Crippen LogP contribution is 2.40. The van der Waals surface area contributed by atoms with Crippen LogP contribution in [-0.2, 0) is 6.18 Å². The molecule has 0 heterocycles. The van der Waals surface area contributed by atoms with Gasteiger partial charge in [-0.05, 0) is 30.3 Å². The van der Waals surface area contributed by atoms with Crippen molar-refractivity contribution in [3.8, 4) is 17.2 Å². The first-order chi connectivity index (χ1) is 14.6. The smallest absolute Gasteiger partial charge is 0.416 e. The van der Waals surface area contributed by atoms with Crippen LogP contribution < -0.4 is 14.8 Å². The van der Waals surface area contributed by atoms with E-state index in [1.807, 2.05) is 0 Å². The number of hydrogen-bond acceptors (Lipinski definition) is 5. The van der Waals surface area contributed by atoms with Gasteiger partial charge in [0, 0.05) is 12.1 Å². The molecule has 0 unspecified atom stereocenters. The van der Waals surface area contributed by atoms with Crippen molar-refractivity contribution >= 4 is 28.7 Å². The fourth-order valence-corrected chi connectivity index (χ4v) is 2.92. The van der Waals surface area contributed by atoms with E-state index in [0.29, 0.717) is 17.5 Å². The number of nitrogens with zero attached hydrogens (tertiary/aromatic N) is 1. The van der Waals surface area contributed by atoms with Crippen LogP contribution in [-0.4, -0.2) is 12.0 Å². The molecule has 0 aliphatic rings. The summed E-state index contributed by atoms with van der Waals surface area (Å²) in [6.45, 7) is 0. The van der Waals surface area contributed by atoms with Gasteiger partial charge in [-0.2, -0.15) is 13.2 Å². The molecule has 3 aromatic carbocycles. The molecule has 0 radical (unpaired) electrons. The molecule has 162 valence electrons. The lowest BCUT2D eigenvalue weighted by Gasteiger charge is -2.14. The minimum atomic E-state index is -4.79. The second-order valence-corrected chi connectivity index (χ2v) is 6.54. The number of para-hydroxylation sites is 2. The number of nitro benzene ring substituents is 1. The van der Waals surface area contributed by atoms with E-state index in [1.165, 1.54) is 19.2 Å². The summed E-state index contributed by atoms with van der Waals surface area (Å²) in [5, 5.41) is 13.6. The Kier molecular flexibility index (Phi) is 6.21. The first kappa shape index (κ1) is 22.2. The van der Waals surface area contributed by atoms with Gasteiger partial charge in [0.1, 0.15) is 17.2 Å². The Bertz CT molecular complexity index is 1120. The van der Waals surface area contributed by atoms with Crippen LogP contribution in [0.5, 0.6) is 17.2 Å². The van der Waals surface area contributed by atoms with Crippen molar-refractivity contribution in [1.82, 2.24) is 0 Å². The topological polar surface area (TPSA) is 73.6 Å². The number of rotatable bonds is 6. The van der Waals surface area contributed by atoms with Crippen molar-refractivity contribution < 1.29 is 32.0 Å². The molecular formula is C20H13ClF4N2O4. The molecule has 0 atom stereocenters. The van der Waals surface area contributed by atoms with E-state index in [0.717, 1.165) is 6.07 Å². The van der Waals surface area contributed by atoms with Gasteiger partial charge >= 0.3 is 6.18 Å². The van der Waals surface area contributed by atoms with Crippen molar-refractivity contribution in [2.24, 2.45) is 0 Å². The lowest BCUT2D eigenvalue weighted by molar-refractivity contribution is -0.383. The van der Waals surface area contributed by atoms with Crippen LogP contribution in [0.2, 0.25) is 5.02 Å². The highest BCUT2D eigenvalue weighted by Gasteiger charge is 2.32. The Morgan fingerprint density at radius 3 is 2.39 bits per heavy atom. The molecule has 0 aliphatic carbocycles. The summed E-state index contributed by atoms with van der Waals surface area (Å²) in [5.41, 5.74) is -1.21. The minimum Gasteiger partial charge on any atom is -0.495 e. The van der Waals surface area contributed by atoms with Gasteiger partial charge in [0.2, 0.25) is 0 Å². The summed E-state index contributed by atoms with van der Waals surface area (Å²) < 4.78 is 63.1. The maximum Gasteiger partial charge on any atom is 0.416 e. The number of benzene rings is 3. The third-order valence-corrected chi connectivity index (χ3v) is 4.37. The van der Waals surface area contributed by atoms with E-state index in [4.69, 9.17) is 21.1 Å². The number of hydrogen-bond donors (Lipinski definition) is 1. The second-order valence-electron chi connectivity index (χ2n) is 6.13. The van der Waals surface area contributed by atoms with Gasteiger partial charge in [-0.25, -0.2) is 4.39 Å². The molecule has 0 bridgehead atoms. The van der Waals surface area contributed by atoms with Crippen LogP contribution >= 0.6 is 11.6 Å². The van der Waals surface area contributed by atoms with Crippen LogP contribution in [0.15, 0.2) is 54.6 Å². The molecule has 3 rings (SSSR count). The first-order valence-electron chi connectivity index (χ1n) is 8.52. The third-order valence-electron chi connectivity index (χ3n) is 4.09. The molecule has 0 aromatic heterocycles. The fraction of sp³-hybridized carbons (Fsp3) is 0.100. The Morgan fingerprint density at radius 2 is 1.77 bits per heavy atom. The summed E-state index contributed by atoms with van der Waals surface area (Å²) in [4.78, 5) is 10.7. The fourth-order valence-electron chi connectivity index (χ4n) is 2.67. The van der Waals surface area contributed by atoms with Crippen LogP contribution in [0, 0.1) is 15.9 Å². The molecule has 1 N–H and O–H groups in total. The summed E-state index contributed by atoms with van der Waals surface area (Å²) in [6.07, 6.45) is -4.79. The zero-order valence-corrected chi connectivity index (χ0v) is 16.4.